The first-order valence-corrected chi connectivity index (χ1v) is 3.63. The van der Waals surface area contributed by atoms with Crippen LogP contribution < -0.4 is 0 Å². The van der Waals surface area contributed by atoms with Crippen molar-refractivity contribution in [3.8, 4) is 0 Å². The van der Waals surface area contributed by atoms with Gasteiger partial charge in [-0.1, -0.05) is 0 Å². The molecule has 0 bridgehead atoms. The molecule has 3 N–H and O–H groups in total. The van der Waals surface area contributed by atoms with E-state index in [9.17, 15) is 0 Å². The van der Waals surface area contributed by atoms with E-state index in [2.05, 4.69) is 0 Å². The van der Waals surface area contributed by atoms with E-state index in [4.69, 9.17) is 15.3 Å². The molecule has 0 fully saturated rings. The van der Waals surface area contributed by atoms with E-state index in [1.54, 1.807) is 6.92 Å². The molecule has 0 rings (SSSR count). The van der Waals surface area contributed by atoms with Gasteiger partial charge in [-0.25, -0.2) is 0 Å². The van der Waals surface area contributed by atoms with E-state index in [1.165, 1.54) is 0 Å². The first kappa shape index (κ1) is 9.88. The molecular formula is C7H16O3. The minimum Gasteiger partial charge on any atom is -0.396 e. The maximum absolute atomic E-state index is 9.08. The van der Waals surface area contributed by atoms with E-state index in [1.807, 2.05) is 0 Å². The molecule has 2 atom stereocenters. The Morgan fingerprint density at radius 1 is 1.30 bits per heavy atom. The molecular weight excluding hydrogens is 132 g/mol. The van der Waals surface area contributed by atoms with Gasteiger partial charge in [0.05, 0.1) is 12.2 Å². The molecule has 0 saturated carbocycles. The number of hydrogen-bond donors (Lipinski definition) is 3. The van der Waals surface area contributed by atoms with Gasteiger partial charge in [0.15, 0.2) is 0 Å². The zero-order valence-electron chi connectivity index (χ0n) is 6.32. The van der Waals surface area contributed by atoms with Crippen LogP contribution in [0.3, 0.4) is 0 Å². The van der Waals surface area contributed by atoms with Crippen molar-refractivity contribution in [3.63, 3.8) is 0 Å². The van der Waals surface area contributed by atoms with Crippen molar-refractivity contribution in [2.45, 2.75) is 38.4 Å². The summed E-state index contributed by atoms with van der Waals surface area (Å²) in [4.78, 5) is 0. The van der Waals surface area contributed by atoms with Crippen LogP contribution in [-0.4, -0.2) is 34.1 Å². The van der Waals surface area contributed by atoms with Crippen molar-refractivity contribution in [2.24, 2.45) is 0 Å². The quantitative estimate of drug-likeness (QED) is 0.510. The second-order valence-corrected chi connectivity index (χ2v) is 2.60. The second-order valence-electron chi connectivity index (χ2n) is 2.60. The summed E-state index contributed by atoms with van der Waals surface area (Å²) in [5.74, 6) is 0. The van der Waals surface area contributed by atoms with Crippen molar-refractivity contribution in [2.75, 3.05) is 6.61 Å². The van der Waals surface area contributed by atoms with E-state index >= 15 is 0 Å². The van der Waals surface area contributed by atoms with Crippen LogP contribution in [0.15, 0.2) is 0 Å². The van der Waals surface area contributed by atoms with Gasteiger partial charge in [0, 0.05) is 6.61 Å². The SMILES string of the molecule is CC(O)CC(O)CCCO. The number of hydrogen-bond acceptors (Lipinski definition) is 3. The molecule has 0 aliphatic carbocycles. The van der Waals surface area contributed by atoms with Crippen molar-refractivity contribution in [1.29, 1.82) is 0 Å². The highest BCUT2D eigenvalue weighted by Crippen LogP contribution is 2.03. The highest BCUT2D eigenvalue weighted by Gasteiger charge is 2.06. The molecule has 3 heteroatoms. The Kier molecular flexibility index (Phi) is 5.58. The van der Waals surface area contributed by atoms with Crippen LogP contribution in [0.4, 0.5) is 0 Å². The molecule has 0 aromatic heterocycles. The number of rotatable bonds is 5. The van der Waals surface area contributed by atoms with Crippen molar-refractivity contribution >= 4 is 0 Å². The van der Waals surface area contributed by atoms with Crippen LogP contribution in [-0.2, 0) is 0 Å². The Labute approximate surface area is 61.3 Å². The summed E-state index contributed by atoms with van der Waals surface area (Å²) in [5, 5.41) is 26.3. The first-order valence-electron chi connectivity index (χ1n) is 3.63. The van der Waals surface area contributed by atoms with Crippen LogP contribution >= 0.6 is 0 Å². The van der Waals surface area contributed by atoms with Crippen molar-refractivity contribution < 1.29 is 15.3 Å². The molecule has 0 spiro atoms. The van der Waals surface area contributed by atoms with Crippen LogP contribution in [0.2, 0.25) is 0 Å². The molecule has 0 aromatic rings. The molecule has 0 heterocycles. The largest absolute Gasteiger partial charge is 0.396 e. The zero-order chi connectivity index (χ0) is 7.98. The second kappa shape index (κ2) is 5.65. The summed E-state index contributed by atoms with van der Waals surface area (Å²) in [6, 6.07) is 0. The smallest absolute Gasteiger partial charge is 0.0565 e. The predicted molar refractivity (Wildman–Crippen MR) is 38.6 cm³/mol. The van der Waals surface area contributed by atoms with Crippen molar-refractivity contribution in [1.82, 2.24) is 0 Å². The van der Waals surface area contributed by atoms with E-state index in [0.717, 1.165) is 0 Å². The van der Waals surface area contributed by atoms with Gasteiger partial charge < -0.3 is 15.3 Å². The third kappa shape index (κ3) is 6.01. The van der Waals surface area contributed by atoms with Gasteiger partial charge in [0.1, 0.15) is 0 Å². The molecule has 0 aromatic carbocycles. The van der Waals surface area contributed by atoms with Gasteiger partial charge in [-0.2, -0.15) is 0 Å². The van der Waals surface area contributed by atoms with E-state index < -0.39 is 12.2 Å². The summed E-state index contributed by atoms with van der Waals surface area (Å²) in [7, 11) is 0. The van der Waals surface area contributed by atoms with Gasteiger partial charge >= 0.3 is 0 Å². The number of aliphatic hydroxyl groups is 3. The predicted octanol–water partition coefficient (Wildman–Crippen LogP) is -0.109. The lowest BCUT2D eigenvalue weighted by Crippen LogP contribution is -2.14. The summed E-state index contributed by atoms with van der Waals surface area (Å²) in [6.07, 6.45) is 0.663. The maximum atomic E-state index is 9.08. The van der Waals surface area contributed by atoms with Crippen LogP contribution in [0.25, 0.3) is 0 Å². The standard InChI is InChI=1S/C7H16O3/c1-6(9)5-7(10)3-2-4-8/h6-10H,2-5H2,1H3. The van der Waals surface area contributed by atoms with Crippen LogP contribution in [0.1, 0.15) is 26.2 Å². The molecule has 0 amide bonds. The third-order valence-corrected chi connectivity index (χ3v) is 1.31. The van der Waals surface area contributed by atoms with Crippen LogP contribution in [0, 0.1) is 0 Å². The van der Waals surface area contributed by atoms with Gasteiger partial charge in [0.25, 0.3) is 0 Å². The molecule has 62 valence electrons. The van der Waals surface area contributed by atoms with Gasteiger partial charge in [-0.3, -0.25) is 0 Å². The van der Waals surface area contributed by atoms with Gasteiger partial charge in [-0.05, 0) is 26.2 Å². The fourth-order valence-corrected chi connectivity index (χ4v) is 0.839. The van der Waals surface area contributed by atoms with E-state index in [-0.39, 0.29) is 6.61 Å². The first-order chi connectivity index (χ1) is 4.66. The lowest BCUT2D eigenvalue weighted by molar-refractivity contribution is 0.0798. The molecule has 10 heavy (non-hydrogen) atoms. The molecule has 0 radical (unpaired) electrons. The lowest BCUT2D eigenvalue weighted by atomic mass is 10.1. The zero-order valence-corrected chi connectivity index (χ0v) is 6.32. The normalized spacial score (nSPS) is 16.8. The molecule has 0 aliphatic heterocycles. The summed E-state index contributed by atoms with van der Waals surface area (Å²) in [5.41, 5.74) is 0. The Morgan fingerprint density at radius 3 is 2.30 bits per heavy atom. The van der Waals surface area contributed by atoms with Gasteiger partial charge in [-0.15, -0.1) is 0 Å². The van der Waals surface area contributed by atoms with Crippen molar-refractivity contribution in [3.05, 3.63) is 0 Å². The molecule has 3 nitrogen and oxygen atoms in total. The number of aliphatic hydroxyl groups excluding tert-OH is 3. The Balaban J connectivity index is 3.16. The topological polar surface area (TPSA) is 60.7 Å². The van der Waals surface area contributed by atoms with E-state index in [0.29, 0.717) is 19.3 Å². The Hall–Kier alpha value is -0.120. The third-order valence-electron chi connectivity index (χ3n) is 1.31. The monoisotopic (exact) mass is 148 g/mol. The highest BCUT2D eigenvalue weighted by atomic mass is 16.3. The molecule has 0 saturated heterocycles. The fourth-order valence-electron chi connectivity index (χ4n) is 0.839. The summed E-state index contributed by atoms with van der Waals surface area (Å²) >= 11 is 0. The maximum Gasteiger partial charge on any atom is 0.0565 e. The summed E-state index contributed by atoms with van der Waals surface area (Å²) in [6.45, 7) is 1.75. The Morgan fingerprint density at radius 2 is 1.90 bits per heavy atom. The lowest BCUT2D eigenvalue weighted by Gasteiger charge is -2.10. The average molecular weight is 148 g/mol. The van der Waals surface area contributed by atoms with Crippen LogP contribution in [0.5, 0.6) is 0 Å². The summed E-state index contributed by atoms with van der Waals surface area (Å²) < 4.78 is 0. The highest BCUT2D eigenvalue weighted by molar-refractivity contribution is 4.58. The minimum absolute atomic E-state index is 0.108. The minimum atomic E-state index is -0.466. The fraction of sp³-hybridized carbons (Fsp3) is 1.00. The molecule has 2 unspecified atom stereocenters. The van der Waals surface area contributed by atoms with Gasteiger partial charge in [0.2, 0.25) is 0 Å². The Bertz CT molecular complexity index is 73.3. The molecule has 0 aliphatic rings. The average Bonchev–Trinajstić information content (AvgIpc) is 1.82.